The molecule has 0 saturated carbocycles. The average molecular weight is 381 g/mol. The SMILES string of the molecule is CC(C)[NH+]1CC2(c3ccccc3)C[NH+](C(C)C)CC(c3ccccc3)(C1)C2O. The van der Waals surface area contributed by atoms with Crippen LogP contribution < -0.4 is 9.80 Å². The Labute approximate surface area is 170 Å². The largest absolute Gasteiger partial charge is 0.390 e. The third-order valence-corrected chi connectivity index (χ3v) is 7.55. The van der Waals surface area contributed by atoms with E-state index in [0.29, 0.717) is 12.1 Å². The van der Waals surface area contributed by atoms with Gasteiger partial charge < -0.3 is 14.9 Å². The lowest BCUT2D eigenvalue weighted by molar-refractivity contribution is -0.985. The Hall–Kier alpha value is -1.68. The lowest BCUT2D eigenvalue weighted by Crippen LogP contribution is -3.28. The van der Waals surface area contributed by atoms with E-state index in [0.717, 1.165) is 26.2 Å². The van der Waals surface area contributed by atoms with Gasteiger partial charge in [-0.05, 0) is 38.8 Å². The predicted octanol–water partition coefficient (Wildman–Crippen LogP) is 0.837. The molecule has 0 unspecified atom stereocenters. The van der Waals surface area contributed by atoms with E-state index in [1.54, 1.807) is 9.80 Å². The molecule has 0 atom stereocenters. The second-order valence-corrected chi connectivity index (χ2v) is 9.78. The molecule has 3 N–H and O–H groups in total. The van der Waals surface area contributed by atoms with E-state index in [1.165, 1.54) is 11.1 Å². The van der Waals surface area contributed by atoms with Crippen LogP contribution in [0.1, 0.15) is 38.8 Å². The highest BCUT2D eigenvalue weighted by Gasteiger charge is 2.66. The molecular formula is C25H36N2O+2. The van der Waals surface area contributed by atoms with E-state index in [-0.39, 0.29) is 16.9 Å². The minimum Gasteiger partial charge on any atom is -0.390 e. The monoisotopic (exact) mass is 380 g/mol. The maximum Gasteiger partial charge on any atom is 0.120 e. The van der Waals surface area contributed by atoms with Crippen molar-refractivity contribution in [3.63, 3.8) is 0 Å². The van der Waals surface area contributed by atoms with E-state index in [1.807, 2.05) is 0 Å². The number of fused-ring (bicyclic) bond motifs is 2. The third kappa shape index (κ3) is 3.01. The zero-order chi connectivity index (χ0) is 19.9. The van der Waals surface area contributed by atoms with E-state index >= 15 is 0 Å². The van der Waals surface area contributed by atoms with Crippen LogP contribution in [0.3, 0.4) is 0 Å². The van der Waals surface area contributed by atoms with Gasteiger partial charge in [0.2, 0.25) is 0 Å². The van der Waals surface area contributed by atoms with Gasteiger partial charge in [0, 0.05) is 0 Å². The van der Waals surface area contributed by atoms with Gasteiger partial charge in [0.25, 0.3) is 0 Å². The second-order valence-electron chi connectivity index (χ2n) is 9.78. The highest BCUT2D eigenvalue weighted by Crippen LogP contribution is 2.42. The fourth-order valence-electron chi connectivity index (χ4n) is 5.87. The Bertz CT molecular complexity index is 707. The Kier molecular flexibility index (Phi) is 5.11. The highest BCUT2D eigenvalue weighted by molar-refractivity contribution is 5.37. The molecule has 0 aromatic heterocycles. The first-order valence-electron chi connectivity index (χ1n) is 10.9. The van der Waals surface area contributed by atoms with Crippen molar-refractivity contribution in [3.8, 4) is 0 Å². The van der Waals surface area contributed by atoms with Crippen LogP contribution in [0.25, 0.3) is 0 Å². The van der Waals surface area contributed by atoms with Crippen LogP contribution in [-0.4, -0.2) is 49.5 Å². The maximum absolute atomic E-state index is 12.1. The summed E-state index contributed by atoms with van der Waals surface area (Å²) in [6.45, 7) is 13.3. The van der Waals surface area contributed by atoms with E-state index < -0.39 is 0 Å². The number of aliphatic hydroxyl groups is 1. The van der Waals surface area contributed by atoms with E-state index in [9.17, 15) is 5.11 Å². The van der Waals surface area contributed by atoms with Crippen molar-refractivity contribution < 1.29 is 14.9 Å². The average Bonchev–Trinajstić information content (AvgIpc) is 2.69. The van der Waals surface area contributed by atoms with Crippen molar-refractivity contribution in [1.29, 1.82) is 0 Å². The van der Waals surface area contributed by atoms with Crippen molar-refractivity contribution in [3.05, 3.63) is 71.8 Å². The Morgan fingerprint density at radius 3 is 1.29 bits per heavy atom. The molecule has 0 spiro atoms. The maximum atomic E-state index is 12.1. The Morgan fingerprint density at radius 2 is 1.00 bits per heavy atom. The summed E-state index contributed by atoms with van der Waals surface area (Å²) in [6.07, 6.45) is -0.366. The van der Waals surface area contributed by atoms with Crippen LogP contribution in [-0.2, 0) is 10.8 Å². The van der Waals surface area contributed by atoms with E-state index in [2.05, 4.69) is 88.4 Å². The number of piperidine rings is 2. The molecule has 2 heterocycles. The highest BCUT2D eigenvalue weighted by atomic mass is 16.3. The summed E-state index contributed by atoms with van der Waals surface area (Å²) < 4.78 is 0. The molecule has 0 aliphatic carbocycles. The van der Waals surface area contributed by atoms with Crippen LogP contribution in [0.15, 0.2) is 60.7 Å². The molecule has 2 aliphatic rings. The molecule has 2 aromatic carbocycles. The van der Waals surface area contributed by atoms with Gasteiger partial charge in [-0.3, -0.25) is 0 Å². The molecule has 2 fully saturated rings. The molecule has 2 aliphatic heterocycles. The topological polar surface area (TPSA) is 29.1 Å². The van der Waals surface area contributed by atoms with Crippen molar-refractivity contribution in [1.82, 2.24) is 0 Å². The summed E-state index contributed by atoms with van der Waals surface area (Å²) >= 11 is 0. The summed E-state index contributed by atoms with van der Waals surface area (Å²) in [6, 6.07) is 22.8. The summed E-state index contributed by atoms with van der Waals surface area (Å²) in [5.41, 5.74) is 2.18. The van der Waals surface area contributed by atoms with Gasteiger partial charge in [-0.15, -0.1) is 0 Å². The summed E-state index contributed by atoms with van der Waals surface area (Å²) in [5.74, 6) is 0. The van der Waals surface area contributed by atoms with Crippen molar-refractivity contribution in [2.24, 2.45) is 0 Å². The van der Waals surface area contributed by atoms with Crippen molar-refractivity contribution in [2.45, 2.75) is 56.7 Å². The van der Waals surface area contributed by atoms with Crippen LogP contribution in [0.4, 0.5) is 0 Å². The lowest BCUT2D eigenvalue weighted by atomic mass is 9.56. The first kappa shape index (κ1) is 19.6. The molecule has 28 heavy (non-hydrogen) atoms. The van der Waals surface area contributed by atoms with Gasteiger partial charge >= 0.3 is 0 Å². The number of quaternary nitrogens is 2. The Balaban J connectivity index is 1.93. The van der Waals surface area contributed by atoms with E-state index in [4.69, 9.17) is 0 Å². The molecule has 3 heteroatoms. The second kappa shape index (κ2) is 7.29. The summed E-state index contributed by atoms with van der Waals surface area (Å²) in [5, 5.41) is 12.1. The normalized spacial score (nSPS) is 35.3. The number of likely N-dealkylation sites (tertiary alicyclic amines) is 2. The van der Waals surface area contributed by atoms with Crippen LogP contribution in [0.2, 0.25) is 0 Å². The minimum absolute atomic E-state index is 0.215. The van der Waals surface area contributed by atoms with Gasteiger partial charge in [0.15, 0.2) is 0 Å². The van der Waals surface area contributed by atoms with Crippen LogP contribution in [0, 0.1) is 0 Å². The van der Waals surface area contributed by atoms with Gasteiger partial charge in [-0.25, -0.2) is 0 Å². The number of rotatable bonds is 4. The molecule has 0 radical (unpaired) electrons. The Morgan fingerprint density at radius 1 is 0.679 bits per heavy atom. The lowest BCUT2D eigenvalue weighted by Gasteiger charge is -2.59. The van der Waals surface area contributed by atoms with Crippen molar-refractivity contribution >= 4 is 0 Å². The molecule has 150 valence electrons. The quantitative estimate of drug-likeness (QED) is 0.721. The molecule has 0 amide bonds. The fraction of sp³-hybridized carbons (Fsp3) is 0.520. The number of nitrogens with one attached hydrogen (secondary N) is 2. The smallest absolute Gasteiger partial charge is 0.120 e. The van der Waals surface area contributed by atoms with Gasteiger partial charge in [-0.1, -0.05) is 60.7 Å². The summed E-state index contributed by atoms with van der Waals surface area (Å²) in [7, 11) is 0. The number of aliphatic hydroxyl groups excluding tert-OH is 1. The third-order valence-electron chi connectivity index (χ3n) is 7.55. The number of hydrogen-bond donors (Lipinski definition) is 3. The van der Waals surface area contributed by atoms with Gasteiger partial charge in [-0.2, -0.15) is 0 Å². The predicted molar refractivity (Wildman–Crippen MR) is 114 cm³/mol. The molecule has 2 bridgehead atoms. The molecule has 4 rings (SSSR count). The van der Waals surface area contributed by atoms with Gasteiger partial charge in [0.1, 0.15) is 10.8 Å². The zero-order valence-electron chi connectivity index (χ0n) is 17.8. The summed E-state index contributed by atoms with van der Waals surface area (Å²) in [4.78, 5) is 3.22. The first-order valence-corrected chi connectivity index (χ1v) is 10.9. The fourth-order valence-corrected chi connectivity index (χ4v) is 5.87. The standard InChI is InChI=1S/C25H34N2O/c1-19(2)26-15-24(21-11-7-5-8-12-21)17-27(20(3)4)18-25(16-26,23(24)28)22-13-9-6-10-14-22/h5-14,19-20,23,28H,15-18H2,1-4H3/p+2. The minimum atomic E-state index is -0.366. The number of hydrogen-bond acceptors (Lipinski definition) is 1. The molecule has 3 nitrogen and oxygen atoms in total. The van der Waals surface area contributed by atoms with Crippen LogP contribution in [0.5, 0.6) is 0 Å². The molecular weight excluding hydrogens is 344 g/mol. The first-order chi connectivity index (χ1) is 13.4. The number of benzene rings is 2. The molecule has 2 saturated heterocycles. The van der Waals surface area contributed by atoms with Gasteiger partial charge in [0.05, 0.1) is 44.4 Å². The molecule has 2 aromatic rings. The van der Waals surface area contributed by atoms with Crippen molar-refractivity contribution in [2.75, 3.05) is 26.2 Å². The van der Waals surface area contributed by atoms with Crippen LogP contribution >= 0.6 is 0 Å². The zero-order valence-corrected chi connectivity index (χ0v) is 17.8.